The van der Waals surface area contributed by atoms with Crippen LogP contribution in [0.1, 0.15) is 43.1 Å². The predicted molar refractivity (Wildman–Crippen MR) is 124 cm³/mol. The zero-order valence-corrected chi connectivity index (χ0v) is 18.8. The Morgan fingerprint density at radius 1 is 1.12 bits per heavy atom. The molecule has 0 aliphatic carbocycles. The fourth-order valence-electron chi connectivity index (χ4n) is 5.08. The maximum atomic E-state index is 13.6. The van der Waals surface area contributed by atoms with Crippen molar-refractivity contribution in [3.8, 4) is 5.75 Å². The Morgan fingerprint density at radius 3 is 2.72 bits per heavy atom. The summed E-state index contributed by atoms with van der Waals surface area (Å²) in [6, 6.07) is 15.1. The van der Waals surface area contributed by atoms with Crippen LogP contribution >= 0.6 is 0 Å². The van der Waals surface area contributed by atoms with E-state index in [2.05, 4.69) is 24.9 Å². The molecule has 2 aliphatic rings. The summed E-state index contributed by atoms with van der Waals surface area (Å²) in [5.41, 5.74) is 4.09. The molecule has 1 aromatic heterocycles. The number of rotatable bonds is 5. The molecule has 2 aromatic carbocycles. The first-order valence-electron chi connectivity index (χ1n) is 11.3. The Hall–Kier alpha value is -3.28. The highest BCUT2D eigenvalue weighted by Crippen LogP contribution is 2.43. The number of nitrogens with zero attached hydrogens (tertiary/aromatic N) is 2. The Kier molecular flexibility index (Phi) is 5.16. The number of benzene rings is 2. The molecule has 3 heterocycles. The Morgan fingerprint density at radius 2 is 1.94 bits per heavy atom. The largest absolute Gasteiger partial charge is 0.497 e. The number of nitrogens with one attached hydrogen (secondary N) is 1. The molecule has 0 bridgehead atoms. The molecule has 1 fully saturated rings. The van der Waals surface area contributed by atoms with E-state index < -0.39 is 6.04 Å². The van der Waals surface area contributed by atoms with Crippen molar-refractivity contribution in [3.05, 3.63) is 65.4 Å². The van der Waals surface area contributed by atoms with E-state index in [4.69, 9.17) is 4.74 Å². The minimum Gasteiger partial charge on any atom is -0.497 e. The van der Waals surface area contributed by atoms with Crippen LogP contribution in [0.5, 0.6) is 5.75 Å². The quantitative estimate of drug-likeness (QED) is 0.666. The molecule has 1 saturated heterocycles. The van der Waals surface area contributed by atoms with Crippen molar-refractivity contribution in [2.75, 3.05) is 20.2 Å². The summed E-state index contributed by atoms with van der Waals surface area (Å²) in [6.45, 7) is 5.04. The van der Waals surface area contributed by atoms with Crippen molar-refractivity contribution >= 4 is 22.7 Å². The van der Waals surface area contributed by atoms with E-state index in [9.17, 15) is 9.59 Å². The SMILES string of the molecule is COc1cccc([C@@H]2c3[nH]c4ccccc4c3C[C@H]3C(=O)N(CCC(C)C)CC(=O)N23)c1. The van der Waals surface area contributed by atoms with Crippen molar-refractivity contribution in [1.29, 1.82) is 0 Å². The lowest BCUT2D eigenvalue weighted by atomic mass is 9.86. The van der Waals surface area contributed by atoms with Crippen LogP contribution in [0, 0.1) is 5.92 Å². The lowest BCUT2D eigenvalue weighted by Gasteiger charge is -2.47. The lowest BCUT2D eigenvalue weighted by molar-refractivity contribution is -0.158. The third-order valence-corrected chi connectivity index (χ3v) is 6.73. The molecule has 0 radical (unpaired) electrons. The fraction of sp³-hybridized carbons (Fsp3) is 0.385. The monoisotopic (exact) mass is 431 g/mol. The van der Waals surface area contributed by atoms with E-state index in [1.807, 2.05) is 42.5 Å². The summed E-state index contributed by atoms with van der Waals surface area (Å²) >= 11 is 0. The molecule has 0 saturated carbocycles. The second kappa shape index (κ2) is 8.01. The van der Waals surface area contributed by atoms with Gasteiger partial charge in [0, 0.05) is 29.6 Å². The highest BCUT2D eigenvalue weighted by molar-refractivity contribution is 5.97. The second-order valence-electron chi connectivity index (χ2n) is 9.21. The summed E-state index contributed by atoms with van der Waals surface area (Å²) in [5.74, 6) is 1.26. The van der Waals surface area contributed by atoms with Crippen LogP contribution in [0.25, 0.3) is 10.9 Å². The van der Waals surface area contributed by atoms with Crippen molar-refractivity contribution < 1.29 is 14.3 Å². The number of aromatic amines is 1. The maximum Gasteiger partial charge on any atom is 0.246 e. The van der Waals surface area contributed by atoms with E-state index >= 15 is 0 Å². The van der Waals surface area contributed by atoms with Gasteiger partial charge in [0.2, 0.25) is 11.8 Å². The summed E-state index contributed by atoms with van der Waals surface area (Å²) in [6.07, 6.45) is 1.42. The summed E-state index contributed by atoms with van der Waals surface area (Å²) in [5, 5.41) is 1.12. The van der Waals surface area contributed by atoms with Crippen LogP contribution in [0.4, 0.5) is 0 Å². The number of methoxy groups -OCH3 is 1. The van der Waals surface area contributed by atoms with Crippen LogP contribution in [0.3, 0.4) is 0 Å². The molecular weight excluding hydrogens is 402 g/mol. The number of carbonyl (C=O) groups is 2. The zero-order valence-electron chi connectivity index (χ0n) is 18.8. The molecule has 2 amide bonds. The first-order valence-corrected chi connectivity index (χ1v) is 11.3. The van der Waals surface area contributed by atoms with Crippen molar-refractivity contribution in [2.45, 2.75) is 38.8 Å². The highest BCUT2D eigenvalue weighted by atomic mass is 16.5. The smallest absolute Gasteiger partial charge is 0.246 e. The van der Waals surface area contributed by atoms with Gasteiger partial charge in [-0.1, -0.05) is 44.2 Å². The molecule has 32 heavy (non-hydrogen) atoms. The van der Waals surface area contributed by atoms with Crippen molar-refractivity contribution in [1.82, 2.24) is 14.8 Å². The molecule has 3 aromatic rings. The van der Waals surface area contributed by atoms with Crippen LogP contribution < -0.4 is 4.74 Å². The maximum absolute atomic E-state index is 13.6. The molecule has 2 aliphatic heterocycles. The third-order valence-electron chi connectivity index (χ3n) is 6.73. The Balaban J connectivity index is 1.64. The van der Waals surface area contributed by atoms with Crippen LogP contribution in [-0.4, -0.2) is 52.8 Å². The summed E-state index contributed by atoms with van der Waals surface area (Å²) in [7, 11) is 1.64. The fourth-order valence-corrected chi connectivity index (χ4v) is 5.08. The molecule has 6 nitrogen and oxygen atoms in total. The van der Waals surface area contributed by atoms with Gasteiger partial charge in [-0.15, -0.1) is 0 Å². The first kappa shape index (κ1) is 20.6. The van der Waals surface area contributed by atoms with Gasteiger partial charge < -0.3 is 19.5 Å². The molecule has 166 valence electrons. The molecule has 1 N–H and O–H groups in total. The first-order chi connectivity index (χ1) is 15.5. The third kappa shape index (κ3) is 3.34. The molecule has 2 atom stereocenters. The van der Waals surface area contributed by atoms with Crippen LogP contribution in [-0.2, 0) is 16.0 Å². The number of amides is 2. The minimum absolute atomic E-state index is 0.00418. The van der Waals surface area contributed by atoms with Gasteiger partial charge in [0.25, 0.3) is 0 Å². The number of hydrogen-bond acceptors (Lipinski definition) is 3. The van der Waals surface area contributed by atoms with E-state index in [1.54, 1.807) is 16.9 Å². The van der Waals surface area contributed by atoms with Gasteiger partial charge in [-0.2, -0.15) is 0 Å². The highest BCUT2D eigenvalue weighted by Gasteiger charge is 2.48. The van der Waals surface area contributed by atoms with Gasteiger partial charge >= 0.3 is 0 Å². The Bertz CT molecular complexity index is 1180. The van der Waals surface area contributed by atoms with Crippen LogP contribution in [0.15, 0.2) is 48.5 Å². The van der Waals surface area contributed by atoms with Gasteiger partial charge in [-0.25, -0.2) is 0 Å². The average Bonchev–Trinajstić information content (AvgIpc) is 3.17. The van der Waals surface area contributed by atoms with Gasteiger partial charge in [0.15, 0.2) is 0 Å². The van der Waals surface area contributed by atoms with E-state index in [0.29, 0.717) is 18.9 Å². The standard InChI is InChI=1S/C26H29N3O3/c1-16(2)11-12-28-15-23(30)29-22(26(28)31)14-20-19-9-4-5-10-21(19)27-24(20)25(29)17-7-6-8-18(13-17)32-3/h4-10,13,16,22,25,27H,11-12,14-15H2,1-3H3/t22-,25+/m0/s1. The number of hydrogen-bond donors (Lipinski definition) is 1. The van der Waals surface area contributed by atoms with E-state index in [0.717, 1.165) is 39.9 Å². The molecule has 5 rings (SSSR count). The number of piperazine rings is 1. The molecule has 6 heteroatoms. The number of ether oxygens (including phenoxy) is 1. The zero-order chi connectivity index (χ0) is 22.4. The average molecular weight is 432 g/mol. The summed E-state index contributed by atoms with van der Waals surface area (Å²) < 4.78 is 5.46. The second-order valence-corrected chi connectivity index (χ2v) is 9.21. The topological polar surface area (TPSA) is 65.6 Å². The van der Waals surface area contributed by atoms with Gasteiger partial charge in [-0.3, -0.25) is 9.59 Å². The molecular formula is C26H29N3O3. The number of carbonyl (C=O) groups excluding carboxylic acids is 2. The number of aromatic nitrogens is 1. The normalized spacial score (nSPS) is 20.6. The Labute approximate surface area is 188 Å². The minimum atomic E-state index is -0.494. The number of H-pyrrole nitrogens is 1. The van der Waals surface area contributed by atoms with Crippen molar-refractivity contribution in [3.63, 3.8) is 0 Å². The number of fused-ring (bicyclic) bond motifs is 4. The predicted octanol–water partition coefficient (Wildman–Crippen LogP) is 3.91. The summed E-state index contributed by atoms with van der Waals surface area (Å²) in [4.78, 5) is 34.2. The molecule has 0 unspecified atom stereocenters. The van der Waals surface area contributed by atoms with E-state index in [-0.39, 0.29) is 24.4 Å². The number of para-hydroxylation sites is 1. The molecule has 0 spiro atoms. The van der Waals surface area contributed by atoms with Gasteiger partial charge in [0.1, 0.15) is 11.8 Å². The lowest BCUT2D eigenvalue weighted by Crippen LogP contribution is -2.63. The van der Waals surface area contributed by atoms with E-state index in [1.165, 1.54) is 0 Å². The van der Waals surface area contributed by atoms with Crippen LogP contribution in [0.2, 0.25) is 0 Å². The van der Waals surface area contributed by atoms with Crippen molar-refractivity contribution in [2.24, 2.45) is 5.92 Å². The van der Waals surface area contributed by atoms with Gasteiger partial charge in [0.05, 0.1) is 19.7 Å². The van der Waals surface area contributed by atoms with Gasteiger partial charge in [-0.05, 0) is 41.7 Å².